The number of hydrogen-bond acceptors (Lipinski definition) is 8. The number of benzene rings is 3. The molecule has 3 aliphatic rings. The van der Waals surface area contributed by atoms with Crippen molar-refractivity contribution in [1.82, 2.24) is 20.9 Å². The van der Waals surface area contributed by atoms with Crippen LogP contribution in [0, 0.1) is 35.5 Å². The highest BCUT2D eigenvalue weighted by Crippen LogP contribution is 2.27. The molecule has 56 heavy (non-hydrogen) atoms. The molecule has 300 valence electrons. The highest BCUT2D eigenvalue weighted by atomic mass is 16.5. The lowest BCUT2D eigenvalue weighted by Crippen LogP contribution is -2.35. The van der Waals surface area contributed by atoms with E-state index < -0.39 is 35.7 Å². The van der Waals surface area contributed by atoms with Gasteiger partial charge in [-0.15, -0.1) is 0 Å². The van der Waals surface area contributed by atoms with E-state index in [9.17, 15) is 34.5 Å². The molecule has 0 bridgehead atoms. The van der Waals surface area contributed by atoms with E-state index in [1.165, 1.54) is 0 Å². The molecule has 3 aromatic carbocycles. The Morgan fingerprint density at radius 2 is 0.946 bits per heavy atom. The summed E-state index contributed by atoms with van der Waals surface area (Å²) in [5.74, 6) is -2.82. The fraction of sp³-hybridized carbons (Fsp3) is 0.500. The number of nitrogens with zero attached hydrogens (tertiary/aromatic N) is 1. The molecule has 3 saturated heterocycles. The first-order chi connectivity index (χ1) is 27.1. The van der Waals surface area contributed by atoms with Gasteiger partial charge in [0, 0.05) is 6.54 Å². The Hall–Kier alpha value is -4.78. The molecular weight excluding hydrogens is 713 g/mol. The molecule has 12 heteroatoms. The van der Waals surface area contributed by atoms with Gasteiger partial charge >= 0.3 is 17.9 Å². The van der Waals surface area contributed by atoms with Gasteiger partial charge in [0.1, 0.15) is 12.4 Å². The zero-order chi connectivity index (χ0) is 39.4. The minimum atomic E-state index is -0.781. The number of carboxylic acid groups (broad SMARTS) is 3. The van der Waals surface area contributed by atoms with Gasteiger partial charge in [0.05, 0.1) is 30.7 Å². The van der Waals surface area contributed by atoms with Crippen molar-refractivity contribution >= 4 is 23.8 Å². The first-order valence-electron chi connectivity index (χ1n) is 20.1. The highest BCUT2D eigenvalue weighted by molar-refractivity contribution is 5.79. The predicted molar refractivity (Wildman–Crippen MR) is 211 cm³/mol. The van der Waals surface area contributed by atoms with E-state index in [4.69, 9.17) is 4.74 Å². The molecule has 12 nitrogen and oxygen atoms in total. The number of amides is 1. The van der Waals surface area contributed by atoms with Crippen molar-refractivity contribution in [1.29, 1.82) is 0 Å². The van der Waals surface area contributed by atoms with Crippen LogP contribution in [0.25, 0.3) is 0 Å². The quantitative estimate of drug-likeness (QED) is 0.0984. The molecule has 0 aromatic heterocycles. The van der Waals surface area contributed by atoms with Crippen molar-refractivity contribution in [3.05, 3.63) is 101 Å². The lowest BCUT2D eigenvalue weighted by Gasteiger charge is -2.24. The Balaban J connectivity index is 1.09. The van der Waals surface area contributed by atoms with E-state index in [0.717, 1.165) is 73.3 Å². The van der Waals surface area contributed by atoms with Gasteiger partial charge in [-0.3, -0.25) is 19.2 Å². The number of carbonyl (C=O) groups is 4. The summed E-state index contributed by atoms with van der Waals surface area (Å²) in [5.41, 5.74) is 4.57. The summed E-state index contributed by atoms with van der Waals surface area (Å²) >= 11 is 0. The fourth-order valence-corrected chi connectivity index (χ4v) is 8.56. The van der Waals surface area contributed by atoms with Gasteiger partial charge in [-0.05, 0) is 135 Å². The van der Waals surface area contributed by atoms with Crippen LogP contribution in [0.1, 0.15) is 47.1 Å². The minimum Gasteiger partial charge on any atom is -0.492 e. The number of carboxylic acids is 3. The molecule has 0 aliphatic carbocycles. The number of aliphatic carboxylic acids is 3. The average Bonchev–Trinajstić information content (AvgIpc) is 4.02. The molecular formula is C44H56N4O8. The average molecular weight is 769 g/mol. The van der Waals surface area contributed by atoms with Crippen LogP contribution in [0.3, 0.4) is 0 Å². The third-order valence-electron chi connectivity index (χ3n) is 12.0. The van der Waals surface area contributed by atoms with Gasteiger partial charge in [-0.25, -0.2) is 0 Å². The zero-order valence-electron chi connectivity index (χ0n) is 32.0. The van der Waals surface area contributed by atoms with Gasteiger partial charge in [-0.1, -0.05) is 60.7 Å². The van der Waals surface area contributed by atoms with Crippen LogP contribution in [0.2, 0.25) is 0 Å². The van der Waals surface area contributed by atoms with Crippen LogP contribution in [-0.4, -0.2) is 96.5 Å². The summed E-state index contributed by atoms with van der Waals surface area (Å²) < 4.78 is 6.10. The fourth-order valence-electron chi connectivity index (χ4n) is 8.56. The van der Waals surface area contributed by atoms with E-state index in [1.807, 2.05) is 72.8 Å². The summed E-state index contributed by atoms with van der Waals surface area (Å²) in [4.78, 5) is 51.8. The van der Waals surface area contributed by atoms with Gasteiger partial charge in [0.2, 0.25) is 5.91 Å². The van der Waals surface area contributed by atoms with Gasteiger partial charge in [-0.2, -0.15) is 0 Å². The molecule has 0 spiro atoms. The Labute approximate surface area is 329 Å². The van der Waals surface area contributed by atoms with Crippen molar-refractivity contribution in [2.24, 2.45) is 35.5 Å². The van der Waals surface area contributed by atoms with E-state index >= 15 is 0 Å². The summed E-state index contributed by atoms with van der Waals surface area (Å²) in [5, 5.41) is 39.4. The van der Waals surface area contributed by atoms with Crippen LogP contribution in [0.5, 0.6) is 5.75 Å². The second-order valence-electron chi connectivity index (χ2n) is 15.8. The van der Waals surface area contributed by atoms with Gasteiger partial charge in [0.25, 0.3) is 0 Å². The van der Waals surface area contributed by atoms with Gasteiger partial charge in [0.15, 0.2) is 0 Å². The van der Waals surface area contributed by atoms with Crippen LogP contribution in [-0.2, 0) is 51.4 Å². The zero-order valence-corrected chi connectivity index (χ0v) is 32.0. The van der Waals surface area contributed by atoms with Crippen molar-refractivity contribution in [2.45, 2.75) is 51.5 Å². The Morgan fingerprint density at radius 1 is 0.571 bits per heavy atom. The number of rotatable bonds is 20. The third kappa shape index (κ3) is 11.4. The maximum Gasteiger partial charge on any atom is 0.307 e. The number of ether oxygens (including phenoxy) is 1. The first-order valence-corrected chi connectivity index (χ1v) is 20.1. The lowest BCUT2D eigenvalue weighted by molar-refractivity contribution is -0.144. The molecule has 6 atom stereocenters. The molecule has 3 fully saturated rings. The molecule has 1 amide bonds. The minimum absolute atomic E-state index is 0.0815. The van der Waals surface area contributed by atoms with Crippen molar-refractivity contribution < 1.29 is 39.2 Å². The second kappa shape index (κ2) is 19.9. The standard InChI is InChI=1S/C44H56N4O8/c49-41(24-32-3-1-29(2-4-32)21-38(42(50)51)34-13-16-45-25-34)48(28-33-7-5-30(6-8-33)22-39(43(52)53)35-14-17-46-26-35)19-20-56-37-11-9-31(10-12-37)23-40(44(54)55)36-15-18-47-27-36/h1-12,34-36,38-40,45-47H,13-28H2,(H,50,51)(H,52,53)(H,54,55)/t34-,35-,36-,38-,39-,40-/m0/s1. The Kier molecular flexibility index (Phi) is 14.5. The SMILES string of the molecule is O=C(O)[C@@H](Cc1ccc(CC(=O)N(CCOc2ccc(C[C@H](C(=O)O)[C@H]3CCNC3)cc2)Cc2ccc(C[C@H](C(=O)O)[C@H]3CCNC3)cc2)cc1)[C@H]1CCNC1. The van der Waals surface area contributed by atoms with Crippen LogP contribution in [0.4, 0.5) is 0 Å². The summed E-state index contributed by atoms with van der Waals surface area (Å²) in [6, 6.07) is 23.0. The lowest BCUT2D eigenvalue weighted by atomic mass is 9.86. The molecule has 0 radical (unpaired) electrons. The molecule has 3 heterocycles. The Morgan fingerprint density at radius 3 is 1.32 bits per heavy atom. The summed E-state index contributed by atoms with van der Waals surface area (Å²) in [6.07, 6.45) is 4.08. The summed E-state index contributed by atoms with van der Waals surface area (Å²) in [6.45, 7) is 5.58. The Bertz CT molecular complexity index is 1750. The molecule has 3 aromatic rings. The smallest absolute Gasteiger partial charge is 0.307 e. The number of nitrogens with one attached hydrogen (secondary N) is 3. The molecule has 0 unspecified atom stereocenters. The van der Waals surface area contributed by atoms with E-state index in [2.05, 4.69) is 16.0 Å². The second-order valence-corrected chi connectivity index (χ2v) is 15.8. The molecule has 3 aliphatic heterocycles. The van der Waals surface area contributed by atoms with Crippen molar-refractivity contribution in [2.75, 3.05) is 52.4 Å². The molecule has 0 saturated carbocycles. The van der Waals surface area contributed by atoms with E-state index in [1.54, 1.807) is 4.90 Å². The molecule has 6 N–H and O–H groups in total. The predicted octanol–water partition coefficient (Wildman–Crippen LogP) is 3.90. The van der Waals surface area contributed by atoms with Crippen LogP contribution in [0.15, 0.2) is 72.8 Å². The molecule has 6 rings (SSSR count). The largest absolute Gasteiger partial charge is 0.492 e. The first kappa shape index (κ1) is 40.9. The maximum absolute atomic E-state index is 13.9. The van der Waals surface area contributed by atoms with Gasteiger partial charge < -0.3 is 40.9 Å². The number of carbonyl (C=O) groups excluding carboxylic acids is 1. The maximum atomic E-state index is 13.9. The monoisotopic (exact) mass is 768 g/mol. The van der Waals surface area contributed by atoms with Crippen molar-refractivity contribution in [3.8, 4) is 5.75 Å². The summed E-state index contributed by atoms with van der Waals surface area (Å²) in [7, 11) is 0. The number of hydrogen-bond donors (Lipinski definition) is 6. The third-order valence-corrected chi connectivity index (χ3v) is 12.0. The van der Waals surface area contributed by atoms with Crippen LogP contribution < -0.4 is 20.7 Å². The normalized spacial score (nSPS) is 21.0. The topological polar surface area (TPSA) is 178 Å². The van der Waals surface area contributed by atoms with Crippen molar-refractivity contribution in [3.63, 3.8) is 0 Å². The highest BCUT2D eigenvalue weighted by Gasteiger charge is 2.32. The van der Waals surface area contributed by atoms with Crippen LogP contribution >= 0.6 is 0 Å². The van der Waals surface area contributed by atoms with E-state index in [-0.39, 0.29) is 36.7 Å². The van der Waals surface area contributed by atoms with E-state index in [0.29, 0.717) is 51.2 Å².